The Morgan fingerprint density at radius 1 is 0.597 bits per heavy atom. The van der Waals surface area contributed by atoms with Crippen LogP contribution in [0.1, 0.15) is 27.8 Å². The van der Waals surface area contributed by atoms with Gasteiger partial charge in [0.1, 0.15) is 33.5 Å². The molecule has 0 unspecified atom stereocenters. The number of carbonyl (C=O) groups excluding carboxylic acids is 1. The van der Waals surface area contributed by atoms with Crippen molar-refractivity contribution >= 4 is 86.7 Å². The van der Waals surface area contributed by atoms with Crippen molar-refractivity contribution in [2.45, 2.75) is 32.4 Å². The minimum absolute atomic E-state index is 0.247. The first-order chi connectivity index (χ1) is 28.8. The fourth-order valence-electron chi connectivity index (χ4n) is 4.39. The SMILES string of the molecule is C=CC(=O)Nc1cccc(Nc2nc(Cl)ncc2C(F)(F)F)c1.Cc1cccc(N)c1.Cc1cccc(Nc2nc(Cl)ncc2C(F)(F)F)c1.FC(F)(F)c1cnc(Cl)nc1Cl. The van der Waals surface area contributed by atoms with E-state index in [9.17, 15) is 44.3 Å². The molecule has 24 heteroatoms. The Morgan fingerprint density at radius 3 is 1.40 bits per heavy atom. The Bertz CT molecular complexity index is 2460. The molecule has 62 heavy (non-hydrogen) atoms. The first-order valence-electron chi connectivity index (χ1n) is 16.8. The maximum absolute atomic E-state index is 12.9. The molecule has 0 bridgehead atoms. The lowest BCUT2D eigenvalue weighted by atomic mass is 10.2. The summed E-state index contributed by atoms with van der Waals surface area (Å²) in [6.45, 7) is 7.17. The largest absolute Gasteiger partial charge is 0.421 e. The number of nitrogens with zero attached hydrogens (tertiary/aromatic N) is 6. The van der Waals surface area contributed by atoms with Crippen LogP contribution in [0.15, 0.2) is 104 Å². The van der Waals surface area contributed by atoms with E-state index in [1.165, 1.54) is 17.7 Å². The molecule has 3 aromatic heterocycles. The van der Waals surface area contributed by atoms with Crippen molar-refractivity contribution in [1.29, 1.82) is 0 Å². The lowest BCUT2D eigenvalue weighted by Gasteiger charge is -2.13. The number of aromatic nitrogens is 6. The highest BCUT2D eigenvalue weighted by Crippen LogP contribution is 2.37. The maximum Gasteiger partial charge on any atom is 0.421 e. The predicted molar refractivity (Wildman–Crippen MR) is 220 cm³/mol. The van der Waals surface area contributed by atoms with Crippen molar-refractivity contribution in [3.8, 4) is 0 Å². The molecule has 0 saturated carbocycles. The first kappa shape index (κ1) is 50.4. The number of hydrogen-bond acceptors (Lipinski definition) is 10. The minimum Gasteiger partial charge on any atom is -0.399 e. The lowest BCUT2D eigenvalue weighted by Crippen LogP contribution is -2.11. The van der Waals surface area contributed by atoms with Gasteiger partial charge in [-0.1, -0.05) is 48.5 Å². The van der Waals surface area contributed by atoms with E-state index in [0.29, 0.717) is 30.0 Å². The zero-order valence-electron chi connectivity index (χ0n) is 31.5. The summed E-state index contributed by atoms with van der Waals surface area (Å²) in [5.41, 5.74) is 6.49. The van der Waals surface area contributed by atoms with E-state index >= 15 is 0 Å². The normalized spacial score (nSPS) is 11.0. The summed E-state index contributed by atoms with van der Waals surface area (Å²) in [4.78, 5) is 31.4. The van der Waals surface area contributed by atoms with Gasteiger partial charge in [0, 0.05) is 41.3 Å². The van der Waals surface area contributed by atoms with Gasteiger partial charge in [0.25, 0.3) is 0 Å². The van der Waals surface area contributed by atoms with Gasteiger partial charge in [0.05, 0.1) is 0 Å². The zero-order chi connectivity index (χ0) is 46.4. The molecule has 0 saturated heterocycles. The maximum atomic E-state index is 12.9. The highest BCUT2D eigenvalue weighted by molar-refractivity contribution is 6.32. The Hall–Kier alpha value is -5.96. The summed E-state index contributed by atoms with van der Waals surface area (Å²) < 4.78 is 113. The molecule has 3 aromatic carbocycles. The van der Waals surface area contributed by atoms with Crippen LogP contribution in [-0.4, -0.2) is 35.8 Å². The topological polar surface area (TPSA) is 157 Å². The summed E-state index contributed by atoms with van der Waals surface area (Å²) in [6.07, 6.45) is -10.8. The third-order valence-corrected chi connectivity index (χ3v) is 7.88. The van der Waals surface area contributed by atoms with E-state index < -0.39 is 52.1 Å². The molecule has 0 spiro atoms. The van der Waals surface area contributed by atoms with Gasteiger partial charge < -0.3 is 21.7 Å². The highest BCUT2D eigenvalue weighted by atomic mass is 35.5. The molecular formula is C38H29Cl4F9N10O. The van der Waals surface area contributed by atoms with Gasteiger partial charge in [-0.25, -0.2) is 19.9 Å². The molecule has 0 fully saturated rings. The van der Waals surface area contributed by atoms with Crippen LogP contribution >= 0.6 is 46.4 Å². The molecule has 0 aliphatic carbocycles. The van der Waals surface area contributed by atoms with Gasteiger partial charge in [-0.2, -0.15) is 49.5 Å². The van der Waals surface area contributed by atoms with E-state index in [2.05, 4.69) is 52.4 Å². The van der Waals surface area contributed by atoms with Crippen molar-refractivity contribution in [2.24, 2.45) is 0 Å². The summed E-state index contributed by atoms with van der Waals surface area (Å²) in [5.74, 6) is -1.29. The second-order valence-corrected chi connectivity index (χ2v) is 13.3. The monoisotopic (exact) mass is 952 g/mol. The van der Waals surface area contributed by atoms with Gasteiger partial charge in [-0.05, 0) is 108 Å². The first-order valence-corrected chi connectivity index (χ1v) is 18.3. The van der Waals surface area contributed by atoms with Crippen LogP contribution in [0, 0.1) is 13.8 Å². The zero-order valence-corrected chi connectivity index (χ0v) is 34.6. The van der Waals surface area contributed by atoms with Gasteiger partial charge in [-0.3, -0.25) is 4.79 Å². The molecule has 1 amide bonds. The summed E-state index contributed by atoms with van der Waals surface area (Å²) in [6, 6.07) is 20.8. The molecule has 0 atom stereocenters. The van der Waals surface area contributed by atoms with Crippen LogP contribution in [0.3, 0.4) is 0 Å². The minimum atomic E-state index is -4.64. The molecule has 6 rings (SSSR count). The van der Waals surface area contributed by atoms with Crippen LogP contribution in [0.5, 0.6) is 0 Å². The standard InChI is InChI=1S/C14H10ClF3N4O.C12H9ClF3N3.C7H9N.C5HCl2F3N2/c1-2-11(23)20-8-4-3-5-9(6-8)21-12-10(14(16,17)18)7-19-13(15)22-12;1-7-3-2-4-8(5-7)18-10-9(12(14,15)16)6-17-11(13)19-10;1-6-3-2-4-7(8)5-6;6-3-2(5(8,9)10)1-11-4(7)12-3/h2-7H,1H2,(H,20,23)(H,19,21,22);2-6H,1H3,(H,17,18,19);2-5H,8H2,1H3;1H. The van der Waals surface area contributed by atoms with Crippen LogP contribution in [0.25, 0.3) is 0 Å². The summed E-state index contributed by atoms with van der Waals surface area (Å²) >= 11 is 21.4. The molecule has 0 aliphatic rings. The number of nitrogen functional groups attached to an aromatic ring is 1. The van der Waals surface area contributed by atoms with Crippen LogP contribution in [0.4, 0.5) is 73.9 Å². The number of anilines is 6. The number of nitrogens with two attached hydrogens (primary N) is 1. The predicted octanol–water partition coefficient (Wildman–Crippen LogP) is 12.6. The average molecular weight is 955 g/mol. The van der Waals surface area contributed by atoms with Gasteiger partial charge in [-0.15, -0.1) is 0 Å². The molecule has 0 radical (unpaired) electrons. The van der Waals surface area contributed by atoms with Gasteiger partial charge in [0.2, 0.25) is 21.8 Å². The molecule has 6 aromatic rings. The van der Waals surface area contributed by atoms with E-state index in [4.69, 9.17) is 52.1 Å². The molecule has 5 N–H and O–H groups in total. The van der Waals surface area contributed by atoms with Crippen molar-refractivity contribution in [3.05, 3.63) is 153 Å². The van der Waals surface area contributed by atoms with Crippen molar-refractivity contribution in [1.82, 2.24) is 29.9 Å². The van der Waals surface area contributed by atoms with E-state index in [1.54, 1.807) is 30.3 Å². The molecule has 328 valence electrons. The number of halogens is 13. The number of aryl methyl sites for hydroxylation is 2. The number of benzene rings is 3. The van der Waals surface area contributed by atoms with Crippen LogP contribution < -0.4 is 21.7 Å². The highest BCUT2D eigenvalue weighted by Gasteiger charge is 2.37. The molecule has 11 nitrogen and oxygen atoms in total. The number of nitrogens with one attached hydrogen (secondary N) is 3. The fourth-order valence-corrected chi connectivity index (χ4v) is 5.07. The van der Waals surface area contributed by atoms with Crippen molar-refractivity contribution < 1.29 is 44.3 Å². The number of alkyl halides is 9. The second kappa shape index (κ2) is 22.2. The second-order valence-electron chi connectivity index (χ2n) is 11.9. The number of hydrogen-bond donors (Lipinski definition) is 4. The number of carbonyl (C=O) groups is 1. The molecular weight excluding hydrogens is 925 g/mol. The third kappa shape index (κ3) is 16.8. The quantitative estimate of drug-likeness (QED) is 0.0417. The Labute approximate surface area is 366 Å². The Kier molecular flexibility index (Phi) is 18.1. The van der Waals surface area contributed by atoms with Crippen LogP contribution in [-0.2, 0) is 23.3 Å². The van der Waals surface area contributed by atoms with Crippen LogP contribution in [0.2, 0.25) is 21.0 Å². The van der Waals surface area contributed by atoms with E-state index in [-0.39, 0.29) is 27.4 Å². The van der Waals surface area contributed by atoms with Gasteiger partial charge >= 0.3 is 18.5 Å². The van der Waals surface area contributed by atoms with Gasteiger partial charge in [0.15, 0.2) is 0 Å². The van der Waals surface area contributed by atoms with E-state index in [1.807, 2.05) is 44.2 Å². The lowest BCUT2D eigenvalue weighted by molar-refractivity contribution is -0.138. The van der Waals surface area contributed by atoms with E-state index in [0.717, 1.165) is 17.3 Å². The molecule has 0 aliphatic heterocycles. The summed E-state index contributed by atoms with van der Waals surface area (Å²) in [7, 11) is 0. The number of rotatable bonds is 6. The fraction of sp³-hybridized carbons (Fsp3) is 0.132. The number of amides is 1. The molecule has 3 heterocycles. The Morgan fingerprint density at radius 2 is 1.00 bits per heavy atom. The Balaban J connectivity index is 0.000000235. The van der Waals surface area contributed by atoms with Crippen molar-refractivity contribution in [3.63, 3.8) is 0 Å². The third-order valence-electron chi connectivity index (χ3n) is 7.05. The smallest absolute Gasteiger partial charge is 0.399 e. The van der Waals surface area contributed by atoms with Crippen molar-refractivity contribution in [2.75, 3.05) is 21.7 Å². The summed E-state index contributed by atoms with van der Waals surface area (Å²) in [5, 5.41) is 6.05. The average Bonchev–Trinajstić information content (AvgIpc) is 3.14.